The van der Waals surface area contributed by atoms with E-state index in [1.165, 1.54) is 0 Å². The molecule has 1 amide bonds. The number of anilines is 1. The topological polar surface area (TPSA) is 59.9 Å². The molecule has 6 heteroatoms. The maximum atomic E-state index is 12.1. The van der Waals surface area contributed by atoms with E-state index in [-0.39, 0.29) is 12.5 Å². The number of para-hydroxylation sites is 2. The summed E-state index contributed by atoms with van der Waals surface area (Å²) in [6.45, 7) is 1.85. The number of aliphatic imine (C=N–C) groups is 1. The number of amides is 1. The van der Waals surface area contributed by atoms with Gasteiger partial charge in [-0.05, 0) is 66.6 Å². The van der Waals surface area contributed by atoms with E-state index in [4.69, 9.17) is 21.1 Å². The van der Waals surface area contributed by atoms with Crippen LogP contribution in [0.4, 0.5) is 11.4 Å². The van der Waals surface area contributed by atoms with Crippen molar-refractivity contribution in [1.29, 1.82) is 0 Å². The van der Waals surface area contributed by atoms with Crippen LogP contribution in [-0.4, -0.2) is 25.8 Å². The van der Waals surface area contributed by atoms with Crippen molar-refractivity contribution >= 4 is 35.1 Å². The zero-order valence-corrected chi connectivity index (χ0v) is 16.9. The third kappa shape index (κ3) is 5.83. The second kappa shape index (κ2) is 9.75. The number of rotatable bonds is 7. The highest BCUT2D eigenvalue weighted by Gasteiger charge is 2.07. The van der Waals surface area contributed by atoms with E-state index >= 15 is 0 Å². The predicted octanol–water partition coefficient (Wildman–Crippen LogP) is 5.43. The van der Waals surface area contributed by atoms with Crippen LogP contribution in [-0.2, 0) is 4.79 Å². The lowest BCUT2D eigenvalue weighted by molar-refractivity contribution is -0.118. The van der Waals surface area contributed by atoms with Crippen molar-refractivity contribution < 1.29 is 14.3 Å². The van der Waals surface area contributed by atoms with E-state index in [0.717, 1.165) is 16.8 Å². The van der Waals surface area contributed by atoms with Crippen molar-refractivity contribution in [2.24, 2.45) is 4.99 Å². The fourth-order valence-electron chi connectivity index (χ4n) is 2.54. The molecule has 0 saturated carbocycles. The number of nitrogens with zero attached hydrogens (tertiary/aromatic N) is 1. The lowest BCUT2D eigenvalue weighted by Crippen LogP contribution is -2.20. The molecule has 0 spiro atoms. The van der Waals surface area contributed by atoms with Gasteiger partial charge in [-0.3, -0.25) is 9.79 Å². The number of hydrogen-bond acceptors (Lipinski definition) is 4. The van der Waals surface area contributed by atoms with Crippen molar-refractivity contribution in [2.45, 2.75) is 6.92 Å². The number of methoxy groups -OCH3 is 1. The Kier molecular flexibility index (Phi) is 6.87. The molecule has 3 rings (SSSR count). The van der Waals surface area contributed by atoms with E-state index in [2.05, 4.69) is 10.3 Å². The van der Waals surface area contributed by atoms with Crippen LogP contribution in [0, 0.1) is 6.92 Å². The van der Waals surface area contributed by atoms with Gasteiger partial charge in [0.1, 0.15) is 11.5 Å². The van der Waals surface area contributed by atoms with Crippen LogP contribution in [0.25, 0.3) is 0 Å². The molecule has 0 fully saturated rings. The maximum Gasteiger partial charge on any atom is 0.262 e. The number of hydrogen-bond donors (Lipinski definition) is 1. The summed E-state index contributed by atoms with van der Waals surface area (Å²) in [5.41, 5.74) is 3.31. The number of halogens is 1. The summed E-state index contributed by atoms with van der Waals surface area (Å²) in [7, 11) is 1.56. The number of benzene rings is 3. The summed E-state index contributed by atoms with van der Waals surface area (Å²) in [6.07, 6.45) is 1.75. The largest absolute Gasteiger partial charge is 0.495 e. The molecule has 0 aromatic heterocycles. The fourth-order valence-corrected chi connectivity index (χ4v) is 2.72. The molecule has 0 aliphatic carbocycles. The average Bonchev–Trinajstić information content (AvgIpc) is 2.74. The molecule has 0 saturated heterocycles. The molecule has 3 aromatic carbocycles. The summed E-state index contributed by atoms with van der Waals surface area (Å²) < 4.78 is 10.8. The maximum absolute atomic E-state index is 12.1. The van der Waals surface area contributed by atoms with Crippen molar-refractivity contribution in [2.75, 3.05) is 19.0 Å². The molecule has 3 aromatic rings. The van der Waals surface area contributed by atoms with Gasteiger partial charge in [-0.1, -0.05) is 29.8 Å². The Morgan fingerprint density at radius 3 is 2.59 bits per heavy atom. The van der Waals surface area contributed by atoms with E-state index in [1.54, 1.807) is 37.6 Å². The zero-order chi connectivity index (χ0) is 20.6. The molecular formula is C23H21ClN2O3. The van der Waals surface area contributed by atoms with Crippen LogP contribution in [0.3, 0.4) is 0 Å². The van der Waals surface area contributed by atoms with Gasteiger partial charge < -0.3 is 14.8 Å². The minimum atomic E-state index is -0.267. The lowest BCUT2D eigenvalue weighted by atomic mass is 10.2. The van der Waals surface area contributed by atoms with Crippen molar-refractivity contribution in [3.05, 3.63) is 82.9 Å². The Morgan fingerprint density at radius 1 is 1.10 bits per heavy atom. The Morgan fingerprint density at radius 2 is 1.86 bits per heavy atom. The highest BCUT2D eigenvalue weighted by atomic mass is 35.5. The number of nitrogens with one attached hydrogen (secondary N) is 1. The first-order valence-corrected chi connectivity index (χ1v) is 9.39. The summed E-state index contributed by atoms with van der Waals surface area (Å²) in [5, 5.41) is 3.46. The standard InChI is InChI=1S/C23H21ClN2O3/c1-16-7-10-18(13-20(16)24)25-14-17-8-11-19(12-9-17)29-15-23(27)26-21-5-3-4-6-22(21)28-2/h3-14H,15H2,1-2H3,(H,26,27). The normalized spacial score (nSPS) is 10.7. The SMILES string of the molecule is COc1ccccc1NC(=O)COc1ccc(C=Nc2ccc(C)c(Cl)c2)cc1. The van der Waals surface area contributed by atoms with Gasteiger partial charge in [0.15, 0.2) is 6.61 Å². The molecule has 0 unspecified atom stereocenters. The number of carbonyl (C=O) groups excluding carboxylic acids is 1. The van der Waals surface area contributed by atoms with Gasteiger partial charge in [0.2, 0.25) is 0 Å². The Bertz CT molecular complexity index is 1020. The molecular weight excluding hydrogens is 388 g/mol. The molecule has 0 aliphatic rings. The van der Waals surface area contributed by atoms with Crippen LogP contribution in [0.1, 0.15) is 11.1 Å². The van der Waals surface area contributed by atoms with Crippen LogP contribution < -0.4 is 14.8 Å². The molecule has 0 radical (unpaired) electrons. The van der Waals surface area contributed by atoms with E-state index in [1.807, 2.05) is 49.4 Å². The van der Waals surface area contributed by atoms with E-state index in [0.29, 0.717) is 22.2 Å². The smallest absolute Gasteiger partial charge is 0.262 e. The van der Waals surface area contributed by atoms with Crippen LogP contribution in [0.2, 0.25) is 5.02 Å². The molecule has 0 aliphatic heterocycles. The summed E-state index contributed by atoms with van der Waals surface area (Å²) in [4.78, 5) is 16.5. The first-order chi connectivity index (χ1) is 14.0. The minimum Gasteiger partial charge on any atom is -0.495 e. The van der Waals surface area contributed by atoms with Gasteiger partial charge in [0.25, 0.3) is 5.91 Å². The molecule has 0 bridgehead atoms. The summed E-state index contributed by atoms with van der Waals surface area (Å²) >= 11 is 6.11. The molecule has 148 valence electrons. The Balaban J connectivity index is 1.54. The number of ether oxygens (including phenoxy) is 2. The highest BCUT2D eigenvalue weighted by Crippen LogP contribution is 2.23. The molecule has 1 N–H and O–H groups in total. The number of aryl methyl sites for hydroxylation is 1. The first-order valence-electron chi connectivity index (χ1n) is 9.01. The van der Waals surface area contributed by atoms with Gasteiger partial charge in [0.05, 0.1) is 18.5 Å². The van der Waals surface area contributed by atoms with Gasteiger partial charge in [0, 0.05) is 11.2 Å². The lowest BCUT2D eigenvalue weighted by Gasteiger charge is -2.10. The Labute approximate surface area is 175 Å². The van der Waals surface area contributed by atoms with Crippen LogP contribution >= 0.6 is 11.6 Å². The van der Waals surface area contributed by atoms with Gasteiger partial charge in [-0.15, -0.1) is 0 Å². The van der Waals surface area contributed by atoms with Crippen LogP contribution in [0.15, 0.2) is 71.7 Å². The van der Waals surface area contributed by atoms with Gasteiger partial charge >= 0.3 is 0 Å². The average molecular weight is 409 g/mol. The van der Waals surface area contributed by atoms with Crippen molar-refractivity contribution in [3.63, 3.8) is 0 Å². The monoisotopic (exact) mass is 408 g/mol. The zero-order valence-electron chi connectivity index (χ0n) is 16.2. The summed E-state index contributed by atoms with van der Waals surface area (Å²) in [5.74, 6) is 0.923. The van der Waals surface area contributed by atoms with Gasteiger partial charge in [-0.25, -0.2) is 0 Å². The quantitative estimate of drug-likeness (QED) is 0.530. The summed E-state index contributed by atoms with van der Waals surface area (Å²) in [6, 6.07) is 20.2. The highest BCUT2D eigenvalue weighted by molar-refractivity contribution is 6.31. The van der Waals surface area contributed by atoms with Crippen molar-refractivity contribution in [1.82, 2.24) is 0 Å². The minimum absolute atomic E-state index is 0.104. The second-order valence-corrected chi connectivity index (χ2v) is 6.71. The predicted molar refractivity (Wildman–Crippen MR) is 117 cm³/mol. The van der Waals surface area contributed by atoms with E-state index in [9.17, 15) is 4.79 Å². The number of carbonyl (C=O) groups is 1. The fraction of sp³-hybridized carbons (Fsp3) is 0.130. The second-order valence-electron chi connectivity index (χ2n) is 6.30. The molecule has 0 heterocycles. The first kappa shape index (κ1) is 20.4. The third-order valence-corrected chi connectivity index (χ3v) is 4.56. The molecule has 0 atom stereocenters. The van der Waals surface area contributed by atoms with Crippen molar-refractivity contribution in [3.8, 4) is 11.5 Å². The van der Waals surface area contributed by atoms with E-state index < -0.39 is 0 Å². The molecule has 5 nitrogen and oxygen atoms in total. The molecule has 29 heavy (non-hydrogen) atoms. The third-order valence-electron chi connectivity index (χ3n) is 4.15. The Hall–Kier alpha value is -3.31. The van der Waals surface area contributed by atoms with Gasteiger partial charge in [-0.2, -0.15) is 0 Å². The van der Waals surface area contributed by atoms with Crippen LogP contribution in [0.5, 0.6) is 11.5 Å².